The van der Waals surface area contributed by atoms with Crippen LogP contribution in [0.2, 0.25) is 5.02 Å². The Morgan fingerprint density at radius 2 is 1.70 bits per heavy atom. The number of carboxylic acid groups (broad SMARTS) is 1. The van der Waals surface area contributed by atoms with Crippen molar-refractivity contribution >= 4 is 28.5 Å². The highest BCUT2D eigenvalue weighted by Crippen LogP contribution is 2.75. The summed E-state index contributed by atoms with van der Waals surface area (Å²) in [6.07, 6.45) is 11.9. The Hall–Kier alpha value is -1.74. The molecular formula is C36H48ClNO2. The van der Waals surface area contributed by atoms with Crippen LogP contribution < -0.4 is 0 Å². The molecule has 0 spiro atoms. The minimum absolute atomic E-state index is 0.0505. The summed E-state index contributed by atoms with van der Waals surface area (Å²) in [6, 6.07) is 6.33. The zero-order valence-electron chi connectivity index (χ0n) is 25.6. The van der Waals surface area contributed by atoms with Crippen molar-refractivity contribution in [2.45, 2.75) is 112 Å². The molecule has 3 nitrogen and oxygen atoms in total. The zero-order chi connectivity index (χ0) is 28.7. The maximum atomic E-state index is 13.0. The monoisotopic (exact) mass is 561 g/mol. The van der Waals surface area contributed by atoms with Gasteiger partial charge in [-0.15, -0.1) is 0 Å². The number of rotatable bonds is 1. The lowest BCUT2D eigenvalue weighted by Gasteiger charge is -2.70. The van der Waals surface area contributed by atoms with Crippen molar-refractivity contribution in [1.29, 1.82) is 0 Å². The second kappa shape index (κ2) is 8.00. The van der Waals surface area contributed by atoms with Gasteiger partial charge in [-0.2, -0.15) is 0 Å². The Bertz CT molecular complexity index is 1460. The maximum Gasteiger partial charge on any atom is 0.310 e. The number of fused-ring (bicyclic) bond motifs is 10. The van der Waals surface area contributed by atoms with Gasteiger partial charge >= 0.3 is 5.97 Å². The van der Waals surface area contributed by atoms with Crippen LogP contribution in [-0.4, -0.2) is 16.1 Å². The average molecular weight is 562 g/mol. The van der Waals surface area contributed by atoms with Crippen LogP contribution in [0.5, 0.6) is 0 Å². The normalized spacial score (nSPS) is 43.0. The highest BCUT2D eigenvalue weighted by molar-refractivity contribution is 6.31. The van der Waals surface area contributed by atoms with Gasteiger partial charge in [0, 0.05) is 27.0 Å². The van der Waals surface area contributed by atoms with Crippen molar-refractivity contribution in [3.05, 3.63) is 46.1 Å². The maximum absolute atomic E-state index is 13.0. The van der Waals surface area contributed by atoms with Gasteiger partial charge in [-0.25, -0.2) is 0 Å². The molecule has 4 heteroatoms. The molecule has 0 radical (unpaired) electrons. The lowest BCUT2D eigenvalue weighted by Crippen LogP contribution is -2.64. The van der Waals surface area contributed by atoms with E-state index in [4.69, 9.17) is 11.6 Å². The van der Waals surface area contributed by atoms with Crippen molar-refractivity contribution in [1.82, 2.24) is 4.98 Å². The standard InChI is InChI=1S/C36H48ClNO2/c1-31(2)14-16-36(30(39)40)17-15-34(6)24(25(36)20-31)9-11-28-33(5)19-23-22-18-21(37)8-10-26(22)38-29(23)32(3,4)27(33)12-13-35(28,34)7/h8-10,18,25,27-28,38H,11-17,19-20H2,1-7H3,(H,39,40)/t25-,27-,28+,33-,34+,35+,36-/m0/s1. The first-order valence-corrected chi connectivity index (χ1v) is 16.2. The van der Waals surface area contributed by atoms with Crippen LogP contribution in [0.15, 0.2) is 29.8 Å². The second-order valence-electron chi connectivity index (χ2n) is 16.7. The van der Waals surface area contributed by atoms with Crippen LogP contribution in [-0.2, 0) is 16.6 Å². The summed E-state index contributed by atoms with van der Waals surface area (Å²) < 4.78 is 0. The molecular weight excluding hydrogens is 514 g/mol. The van der Waals surface area contributed by atoms with Gasteiger partial charge in [0.25, 0.3) is 0 Å². The van der Waals surface area contributed by atoms with E-state index in [1.54, 1.807) is 0 Å². The fraction of sp³-hybridized carbons (Fsp3) is 0.694. The molecule has 0 bridgehead atoms. The molecule has 7 rings (SSSR count). The number of aromatic nitrogens is 1. The molecule has 0 unspecified atom stereocenters. The van der Waals surface area contributed by atoms with E-state index >= 15 is 0 Å². The summed E-state index contributed by atoms with van der Waals surface area (Å²) in [6.45, 7) is 17.5. The van der Waals surface area contributed by atoms with Crippen LogP contribution in [0.25, 0.3) is 10.9 Å². The summed E-state index contributed by atoms with van der Waals surface area (Å²) >= 11 is 6.53. The van der Waals surface area contributed by atoms with Crippen LogP contribution in [0, 0.1) is 44.8 Å². The molecule has 2 aromatic rings. The van der Waals surface area contributed by atoms with Crippen LogP contribution in [0.1, 0.15) is 111 Å². The van der Waals surface area contributed by atoms with Crippen molar-refractivity contribution in [3.8, 4) is 0 Å². The van der Waals surface area contributed by atoms with E-state index in [9.17, 15) is 9.90 Å². The first-order chi connectivity index (χ1) is 18.6. The Labute approximate surface area is 245 Å². The summed E-state index contributed by atoms with van der Waals surface area (Å²) in [5.74, 6) is 0.792. The molecule has 2 N–H and O–H groups in total. The lowest BCUT2D eigenvalue weighted by molar-refractivity contribution is -0.177. The fourth-order valence-electron chi connectivity index (χ4n) is 11.9. The number of aliphatic carboxylic acids is 1. The molecule has 40 heavy (non-hydrogen) atoms. The molecule has 1 aromatic heterocycles. The van der Waals surface area contributed by atoms with E-state index in [0.29, 0.717) is 11.8 Å². The number of carboxylic acids is 1. The number of hydrogen-bond acceptors (Lipinski definition) is 1. The second-order valence-corrected chi connectivity index (χ2v) is 17.2. The number of aromatic amines is 1. The first-order valence-electron chi connectivity index (χ1n) is 15.8. The molecule has 0 aliphatic heterocycles. The molecule has 0 amide bonds. The Kier molecular flexibility index (Phi) is 5.42. The zero-order valence-corrected chi connectivity index (χ0v) is 26.4. The molecule has 3 saturated carbocycles. The average Bonchev–Trinajstić information content (AvgIpc) is 3.22. The van der Waals surface area contributed by atoms with Crippen molar-refractivity contribution < 1.29 is 9.90 Å². The third kappa shape index (κ3) is 3.17. The van der Waals surface area contributed by atoms with Crippen LogP contribution in [0.4, 0.5) is 0 Å². The number of allylic oxidation sites excluding steroid dienone is 2. The molecule has 5 aliphatic rings. The molecule has 216 valence electrons. The Morgan fingerprint density at radius 1 is 0.975 bits per heavy atom. The number of benzene rings is 1. The highest BCUT2D eigenvalue weighted by Gasteiger charge is 2.69. The summed E-state index contributed by atoms with van der Waals surface area (Å²) in [5.41, 5.74) is 5.68. The lowest BCUT2D eigenvalue weighted by atomic mass is 9.33. The minimum Gasteiger partial charge on any atom is -0.481 e. The quantitative estimate of drug-likeness (QED) is 0.340. The van der Waals surface area contributed by atoms with Gasteiger partial charge in [-0.3, -0.25) is 4.79 Å². The van der Waals surface area contributed by atoms with Crippen molar-refractivity contribution in [2.75, 3.05) is 0 Å². The molecule has 7 atom stereocenters. The van der Waals surface area contributed by atoms with Gasteiger partial charge < -0.3 is 10.1 Å². The van der Waals surface area contributed by atoms with Crippen LogP contribution >= 0.6 is 11.6 Å². The van der Waals surface area contributed by atoms with Crippen molar-refractivity contribution in [3.63, 3.8) is 0 Å². The summed E-state index contributed by atoms with van der Waals surface area (Å²) in [7, 11) is 0. The van der Waals surface area contributed by atoms with Gasteiger partial charge in [-0.1, -0.05) is 71.7 Å². The largest absolute Gasteiger partial charge is 0.481 e. The van der Waals surface area contributed by atoms with Gasteiger partial charge in [-0.05, 0) is 121 Å². The predicted octanol–water partition coefficient (Wildman–Crippen LogP) is 9.72. The topological polar surface area (TPSA) is 53.1 Å². The minimum atomic E-state index is -0.573. The van der Waals surface area contributed by atoms with E-state index in [1.807, 2.05) is 6.07 Å². The fourth-order valence-corrected chi connectivity index (χ4v) is 12.1. The number of H-pyrrole nitrogens is 1. The molecule has 0 saturated heterocycles. The van der Waals surface area contributed by atoms with Gasteiger partial charge in [0.05, 0.1) is 5.41 Å². The summed E-state index contributed by atoms with van der Waals surface area (Å²) in [4.78, 5) is 16.8. The Morgan fingerprint density at radius 3 is 2.42 bits per heavy atom. The number of halogens is 1. The Balaban J connectivity index is 1.36. The van der Waals surface area contributed by atoms with E-state index in [0.717, 1.165) is 50.0 Å². The number of hydrogen-bond donors (Lipinski definition) is 2. The van der Waals surface area contributed by atoms with Crippen molar-refractivity contribution in [2.24, 2.45) is 44.8 Å². The van der Waals surface area contributed by atoms with E-state index in [1.165, 1.54) is 40.6 Å². The third-order valence-electron chi connectivity index (χ3n) is 14.3. The van der Waals surface area contributed by atoms with E-state index in [-0.39, 0.29) is 33.0 Å². The van der Waals surface area contributed by atoms with Gasteiger partial charge in [0.2, 0.25) is 0 Å². The van der Waals surface area contributed by atoms with Crippen LogP contribution in [0.3, 0.4) is 0 Å². The SMILES string of the molecule is CC1(C)CC[C@]2(C(=O)O)CC[C@]3(C)C(=CC[C@@H]4[C@@]5(C)Cc6c([nH]c7ccc(Cl)cc67)C(C)(C)[C@@H]5CC[C@]43C)[C@@H]2C1. The third-order valence-corrected chi connectivity index (χ3v) is 14.5. The highest BCUT2D eigenvalue weighted by atomic mass is 35.5. The molecule has 1 heterocycles. The van der Waals surface area contributed by atoms with E-state index < -0.39 is 11.4 Å². The van der Waals surface area contributed by atoms with E-state index in [2.05, 4.69) is 71.7 Å². The predicted molar refractivity (Wildman–Crippen MR) is 164 cm³/mol. The number of nitrogens with one attached hydrogen (secondary N) is 1. The summed E-state index contributed by atoms with van der Waals surface area (Å²) in [5, 5.41) is 12.8. The first kappa shape index (κ1) is 27.1. The number of carbonyl (C=O) groups is 1. The molecule has 3 fully saturated rings. The van der Waals surface area contributed by atoms with Gasteiger partial charge in [0.1, 0.15) is 0 Å². The smallest absolute Gasteiger partial charge is 0.310 e. The van der Waals surface area contributed by atoms with Gasteiger partial charge in [0.15, 0.2) is 0 Å². The molecule has 5 aliphatic carbocycles. The molecule has 1 aromatic carbocycles.